The highest BCUT2D eigenvalue weighted by molar-refractivity contribution is 5.95. The highest BCUT2D eigenvalue weighted by Gasteiger charge is 2.27. The van der Waals surface area contributed by atoms with Crippen molar-refractivity contribution >= 4 is 46.1 Å². The van der Waals surface area contributed by atoms with E-state index in [-0.39, 0.29) is 24.0 Å². The van der Waals surface area contributed by atoms with E-state index in [0.717, 1.165) is 25.9 Å². The Kier molecular flexibility index (Phi) is 14.6. The SMILES string of the molecule is COC(=O)c1ccncc1NC[C@@H]1c2ccc(N(C)c3ccc(C)cc3)cc2CCN1C.COC(=O)c1ccncc1NC[C@H]1c2ccc(N(C)c3ccc(C)cc3)cc2CCN1C. The number of rotatable bonds is 12. The molecule has 64 heavy (non-hydrogen) atoms. The van der Waals surface area contributed by atoms with Crippen molar-refractivity contribution in [2.45, 2.75) is 38.8 Å². The molecule has 12 heteroatoms. The zero-order chi connectivity index (χ0) is 45.3. The lowest BCUT2D eigenvalue weighted by Gasteiger charge is -2.36. The van der Waals surface area contributed by atoms with Crippen molar-refractivity contribution in [2.24, 2.45) is 0 Å². The maximum atomic E-state index is 12.1. The van der Waals surface area contributed by atoms with Gasteiger partial charge >= 0.3 is 11.9 Å². The molecule has 0 fully saturated rings. The van der Waals surface area contributed by atoms with Crippen LogP contribution in [0.5, 0.6) is 0 Å². The van der Waals surface area contributed by atoms with E-state index in [1.807, 2.05) is 0 Å². The van der Waals surface area contributed by atoms with Crippen molar-refractivity contribution in [3.05, 3.63) is 166 Å². The summed E-state index contributed by atoms with van der Waals surface area (Å²) in [6.07, 6.45) is 8.58. The van der Waals surface area contributed by atoms with Gasteiger partial charge in [0.15, 0.2) is 0 Å². The first-order chi connectivity index (χ1) is 30.9. The molecule has 0 saturated heterocycles. The Hall–Kier alpha value is -6.76. The fraction of sp³-hybridized carbons (Fsp3) is 0.308. The van der Waals surface area contributed by atoms with Gasteiger partial charge in [-0.1, -0.05) is 47.5 Å². The Labute approximate surface area is 377 Å². The van der Waals surface area contributed by atoms with Crippen LogP contribution in [0.25, 0.3) is 0 Å². The molecule has 0 aliphatic carbocycles. The molecule has 332 valence electrons. The van der Waals surface area contributed by atoms with Gasteiger partial charge in [0.1, 0.15) is 0 Å². The Balaban J connectivity index is 0.000000191. The van der Waals surface area contributed by atoms with E-state index in [4.69, 9.17) is 9.47 Å². The third-order valence-electron chi connectivity index (χ3n) is 12.5. The molecule has 0 spiro atoms. The number of anilines is 6. The number of methoxy groups -OCH3 is 2. The molecule has 2 aliphatic rings. The minimum absolute atomic E-state index is 0.197. The van der Waals surface area contributed by atoms with E-state index < -0.39 is 0 Å². The molecule has 2 aliphatic heterocycles. The summed E-state index contributed by atoms with van der Waals surface area (Å²) in [5.41, 5.74) is 15.0. The number of aromatic nitrogens is 2. The van der Waals surface area contributed by atoms with Crippen molar-refractivity contribution in [2.75, 3.05) is 89.0 Å². The number of fused-ring (bicyclic) bond motifs is 2. The molecule has 2 N–H and O–H groups in total. The van der Waals surface area contributed by atoms with E-state index >= 15 is 0 Å². The van der Waals surface area contributed by atoms with Gasteiger partial charge in [0.25, 0.3) is 0 Å². The van der Waals surface area contributed by atoms with Gasteiger partial charge in [0.05, 0.1) is 61.2 Å². The maximum absolute atomic E-state index is 12.1. The van der Waals surface area contributed by atoms with Gasteiger partial charge in [-0.2, -0.15) is 0 Å². The first-order valence-corrected chi connectivity index (χ1v) is 21.7. The molecule has 2 atom stereocenters. The van der Waals surface area contributed by atoms with Gasteiger partial charge in [-0.15, -0.1) is 0 Å². The predicted octanol–water partition coefficient (Wildman–Crippen LogP) is 9.17. The standard InChI is InChI=1S/2C26H30N4O2/c2*1-18-5-7-20(8-6-18)30(3)21-9-10-22-19(15-21)12-14-29(2)25(22)17-28-24-16-27-13-11-23(24)26(31)32-4/h2*5-11,13,15-16,25,28H,12,14,17H2,1-4H3/t2*25-/m10/s1. The molecule has 0 bridgehead atoms. The number of ether oxygens (including phenoxy) is 2. The van der Waals surface area contributed by atoms with Crippen LogP contribution in [0.1, 0.15) is 66.2 Å². The van der Waals surface area contributed by atoms with Gasteiger partial charge in [0, 0.05) is 75.4 Å². The van der Waals surface area contributed by atoms with E-state index in [0.29, 0.717) is 35.6 Å². The normalized spacial score (nSPS) is 15.7. The molecule has 8 rings (SSSR count). The van der Waals surface area contributed by atoms with Crippen LogP contribution in [0, 0.1) is 13.8 Å². The van der Waals surface area contributed by atoms with Crippen LogP contribution < -0.4 is 20.4 Å². The molecule has 0 radical (unpaired) electrons. The lowest BCUT2D eigenvalue weighted by Crippen LogP contribution is -2.36. The van der Waals surface area contributed by atoms with Crippen LogP contribution >= 0.6 is 0 Å². The summed E-state index contributed by atoms with van der Waals surface area (Å²) in [6, 6.07) is 34.4. The largest absolute Gasteiger partial charge is 0.465 e. The molecule has 12 nitrogen and oxygen atoms in total. The number of esters is 2. The van der Waals surface area contributed by atoms with Crippen molar-refractivity contribution in [1.29, 1.82) is 0 Å². The number of hydrogen-bond donors (Lipinski definition) is 2. The molecule has 0 amide bonds. The Morgan fingerprint density at radius 1 is 0.594 bits per heavy atom. The van der Waals surface area contributed by atoms with Crippen molar-refractivity contribution in [3.8, 4) is 0 Å². The fourth-order valence-corrected chi connectivity index (χ4v) is 8.49. The summed E-state index contributed by atoms with van der Waals surface area (Å²) < 4.78 is 9.81. The van der Waals surface area contributed by atoms with Crippen LogP contribution in [-0.4, -0.2) is 100 Å². The Morgan fingerprint density at radius 2 is 0.969 bits per heavy atom. The van der Waals surface area contributed by atoms with Crippen molar-refractivity contribution in [1.82, 2.24) is 19.8 Å². The molecular weight excluding hydrogens is 801 g/mol. The highest BCUT2D eigenvalue weighted by atomic mass is 16.5. The highest BCUT2D eigenvalue weighted by Crippen LogP contribution is 2.36. The fourth-order valence-electron chi connectivity index (χ4n) is 8.49. The summed E-state index contributed by atoms with van der Waals surface area (Å²) in [7, 11) is 11.3. The van der Waals surface area contributed by atoms with Crippen LogP contribution in [0.4, 0.5) is 34.1 Å². The second kappa shape index (κ2) is 20.6. The summed E-state index contributed by atoms with van der Waals surface area (Å²) in [5.74, 6) is -0.729. The smallest absolute Gasteiger partial charge is 0.340 e. The van der Waals surface area contributed by atoms with Crippen molar-refractivity contribution < 1.29 is 19.1 Å². The number of likely N-dealkylation sites (N-methyl/N-ethyl adjacent to an activating group) is 2. The zero-order valence-corrected chi connectivity index (χ0v) is 38.3. The van der Waals surface area contributed by atoms with E-state index in [2.05, 4.69) is 167 Å². The number of pyridine rings is 2. The van der Waals surface area contributed by atoms with Gasteiger partial charge in [-0.25, -0.2) is 9.59 Å². The van der Waals surface area contributed by atoms with Gasteiger partial charge in [0.2, 0.25) is 0 Å². The first-order valence-electron chi connectivity index (χ1n) is 21.7. The zero-order valence-electron chi connectivity index (χ0n) is 38.3. The number of benzene rings is 4. The molecule has 0 saturated carbocycles. The van der Waals surface area contributed by atoms with Crippen molar-refractivity contribution in [3.63, 3.8) is 0 Å². The number of nitrogens with zero attached hydrogens (tertiary/aromatic N) is 6. The molecular formula is C52H60N8O4. The summed E-state index contributed by atoms with van der Waals surface area (Å²) in [6.45, 7) is 7.51. The number of nitrogens with one attached hydrogen (secondary N) is 2. The lowest BCUT2D eigenvalue weighted by atomic mass is 9.92. The minimum atomic E-state index is -0.365. The van der Waals surface area contributed by atoms with Crippen LogP contribution in [0.15, 0.2) is 122 Å². The van der Waals surface area contributed by atoms with Crippen LogP contribution in [0.2, 0.25) is 0 Å². The summed E-state index contributed by atoms with van der Waals surface area (Å²) >= 11 is 0. The van der Waals surface area contributed by atoms with Crippen LogP contribution in [-0.2, 0) is 22.3 Å². The maximum Gasteiger partial charge on any atom is 0.340 e. The average Bonchev–Trinajstić information content (AvgIpc) is 3.33. The summed E-state index contributed by atoms with van der Waals surface area (Å²) in [4.78, 5) is 41.6. The number of hydrogen-bond acceptors (Lipinski definition) is 12. The summed E-state index contributed by atoms with van der Waals surface area (Å²) in [5, 5.41) is 6.85. The Morgan fingerprint density at radius 3 is 1.34 bits per heavy atom. The quantitative estimate of drug-likeness (QED) is 0.114. The lowest BCUT2D eigenvalue weighted by molar-refractivity contribution is 0.0592. The number of carbonyl (C=O) groups excluding carboxylic acids is 2. The minimum Gasteiger partial charge on any atom is -0.465 e. The van der Waals surface area contributed by atoms with Gasteiger partial charge in [-0.3, -0.25) is 19.8 Å². The second-order valence-corrected chi connectivity index (χ2v) is 16.6. The first kappa shape index (κ1) is 45.3. The van der Waals surface area contributed by atoms with Gasteiger partial charge < -0.3 is 29.9 Å². The van der Waals surface area contributed by atoms with E-state index in [9.17, 15) is 9.59 Å². The molecule has 6 aromatic rings. The van der Waals surface area contributed by atoms with Crippen LogP contribution in [0.3, 0.4) is 0 Å². The molecule has 4 heterocycles. The number of carbonyl (C=O) groups is 2. The Bertz CT molecular complexity index is 2370. The second-order valence-electron chi connectivity index (χ2n) is 16.6. The molecule has 4 aromatic carbocycles. The monoisotopic (exact) mass is 860 g/mol. The molecule has 2 aromatic heterocycles. The molecule has 0 unspecified atom stereocenters. The van der Waals surface area contributed by atoms with E-state index in [1.54, 1.807) is 36.9 Å². The third kappa shape index (κ3) is 10.4. The topological polar surface area (TPSA) is 115 Å². The van der Waals surface area contributed by atoms with E-state index in [1.165, 1.54) is 70.3 Å². The van der Waals surface area contributed by atoms with Gasteiger partial charge in [-0.05, 0) is 124 Å². The predicted molar refractivity (Wildman–Crippen MR) is 258 cm³/mol. The third-order valence-corrected chi connectivity index (χ3v) is 12.5. The average molecular weight is 861 g/mol. The number of aryl methyl sites for hydroxylation is 2.